The predicted molar refractivity (Wildman–Crippen MR) is 65.4 cm³/mol. The molecule has 1 aromatic rings. The molecule has 1 aliphatic heterocycles. The summed E-state index contributed by atoms with van der Waals surface area (Å²) in [5.74, 6) is 0. The predicted octanol–water partition coefficient (Wildman–Crippen LogP) is 1.66. The maximum Gasteiger partial charge on any atom is 0.0601 e. The van der Waals surface area contributed by atoms with E-state index in [1.165, 1.54) is 11.4 Å². The summed E-state index contributed by atoms with van der Waals surface area (Å²) in [6.45, 7) is 2.14. The fourth-order valence-electron chi connectivity index (χ4n) is 2.10. The molecule has 3 N–H and O–H groups in total. The van der Waals surface area contributed by atoms with Crippen molar-refractivity contribution < 1.29 is 0 Å². The molecule has 15 heavy (non-hydrogen) atoms. The molecule has 3 heteroatoms. The van der Waals surface area contributed by atoms with Crippen molar-refractivity contribution in [3.8, 4) is 0 Å². The van der Waals surface area contributed by atoms with Crippen LogP contribution in [0.2, 0.25) is 0 Å². The molecule has 82 valence electrons. The normalized spacial score (nSPS) is 17.9. The minimum absolute atomic E-state index is 0.392. The van der Waals surface area contributed by atoms with Gasteiger partial charge >= 0.3 is 0 Å². The van der Waals surface area contributed by atoms with Gasteiger partial charge < -0.3 is 16.0 Å². The van der Waals surface area contributed by atoms with E-state index < -0.39 is 0 Å². The zero-order chi connectivity index (χ0) is 10.7. The monoisotopic (exact) mass is 205 g/mol. The Labute approximate surface area is 91.3 Å². The summed E-state index contributed by atoms with van der Waals surface area (Å²) in [4.78, 5) is 2.41. The van der Waals surface area contributed by atoms with Crippen molar-refractivity contribution in [1.82, 2.24) is 0 Å². The van der Waals surface area contributed by atoms with Gasteiger partial charge in [-0.1, -0.05) is 12.1 Å². The number of piperidine rings is 1. The van der Waals surface area contributed by atoms with Gasteiger partial charge in [0, 0.05) is 26.2 Å². The summed E-state index contributed by atoms with van der Waals surface area (Å²) < 4.78 is 0. The number of hydrogen-bond acceptors (Lipinski definition) is 3. The molecule has 0 aromatic heterocycles. The summed E-state index contributed by atoms with van der Waals surface area (Å²) >= 11 is 0. The SMILES string of the molecule is CNc1ccccc1N1CCC(N)CC1. The molecular weight excluding hydrogens is 186 g/mol. The number of nitrogens with two attached hydrogens (primary N) is 1. The number of para-hydroxylation sites is 2. The van der Waals surface area contributed by atoms with Crippen molar-refractivity contribution in [2.45, 2.75) is 18.9 Å². The molecule has 1 fully saturated rings. The van der Waals surface area contributed by atoms with Crippen molar-refractivity contribution in [3.63, 3.8) is 0 Å². The first-order chi connectivity index (χ1) is 7.31. The Morgan fingerprint density at radius 1 is 1.27 bits per heavy atom. The zero-order valence-electron chi connectivity index (χ0n) is 9.24. The highest BCUT2D eigenvalue weighted by atomic mass is 15.2. The minimum atomic E-state index is 0.392. The number of benzene rings is 1. The van der Waals surface area contributed by atoms with Gasteiger partial charge in [-0.2, -0.15) is 0 Å². The Morgan fingerprint density at radius 3 is 2.60 bits per heavy atom. The van der Waals surface area contributed by atoms with Gasteiger partial charge in [-0.3, -0.25) is 0 Å². The molecule has 0 radical (unpaired) electrons. The maximum atomic E-state index is 5.90. The van der Waals surface area contributed by atoms with Gasteiger partial charge in [0.15, 0.2) is 0 Å². The van der Waals surface area contributed by atoms with E-state index in [2.05, 4.69) is 34.5 Å². The third kappa shape index (κ3) is 2.23. The van der Waals surface area contributed by atoms with Gasteiger partial charge in [0.1, 0.15) is 0 Å². The summed E-state index contributed by atoms with van der Waals surface area (Å²) in [6, 6.07) is 8.82. The molecule has 2 rings (SSSR count). The third-order valence-electron chi connectivity index (χ3n) is 3.05. The third-order valence-corrected chi connectivity index (χ3v) is 3.05. The van der Waals surface area contributed by atoms with E-state index in [4.69, 9.17) is 5.73 Å². The van der Waals surface area contributed by atoms with Crippen molar-refractivity contribution >= 4 is 11.4 Å². The van der Waals surface area contributed by atoms with Crippen LogP contribution in [0.3, 0.4) is 0 Å². The first-order valence-electron chi connectivity index (χ1n) is 5.58. The molecule has 0 atom stereocenters. The van der Waals surface area contributed by atoms with Gasteiger partial charge in [0.2, 0.25) is 0 Å². The lowest BCUT2D eigenvalue weighted by Crippen LogP contribution is -2.39. The molecule has 0 spiro atoms. The van der Waals surface area contributed by atoms with Crippen LogP contribution in [0.25, 0.3) is 0 Å². The molecule has 1 aliphatic rings. The smallest absolute Gasteiger partial charge is 0.0601 e. The Balaban J connectivity index is 2.15. The number of nitrogens with one attached hydrogen (secondary N) is 1. The summed E-state index contributed by atoms with van der Waals surface area (Å²) in [5, 5.41) is 3.23. The first-order valence-corrected chi connectivity index (χ1v) is 5.58. The van der Waals surface area contributed by atoms with E-state index in [9.17, 15) is 0 Å². The number of hydrogen-bond donors (Lipinski definition) is 2. The van der Waals surface area contributed by atoms with Crippen LogP contribution in [0.15, 0.2) is 24.3 Å². The Kier molecular flexibility index (Phi) is 3.11. The van der Waals surface area contributed by atoms with Crippen LogP contribution in [0.1, 0.15) is 12.8 Å². The number of rotatable bonds is 2. The molecule has 1 heterocycles. The van der Waals surface area contributed by atoms with Crippen LogP contribution in [0.5, 0.6) is 0 Å². The summed E-state index contributed by atoms with van der Waals surface area (Å²) in [7, 11) is 1.97. The standard InChI is InChI=1S/C12H19N3/c1-14-11-4-2-3-5-12(11)15-8-6-10(13)7-9-15/h2-5,10,14H,6-9,13H2,1H3. The minimum Gasteiger partial charge on any atom is -0.386 e. The van der Waals surface area contributed by atoms with Gasteiger partial charge in [0.05, 0.1) is 11.4 Å². The average Bonchev–Trinajstić information content (AvgIpc) is 2.30. The zero-order valence-corrected chi connectivity index (χ0v) is 9.24. The summed E-state index contributed by atoms with van der Waals surface area (Å²) in [5.41, 5.74) is 8.40. The highest BCUT2D eigenvalue weighted by molar-refractivity contribution is 5.69. The van der Waals surface area contributed by atoms with Crippen LogP contribution >= 0.6 is 0 Å². The quantitative estimate of drug-likeness (QED) is 0.771. The largest absolute Gasteiger partial charge is 0.386 e. The van der Waals surface area contributed by atoms with Gasteiger partial charge in [-0.25, -0.2) is 0 Å². The topological polar surface area (TPSA) is 41.3 Å². The Bertz CT molecular complexity index is 316. The molecule has 1 aromatic carbocycles. The number of anilines is 2. The van der Waals surface area contributed by atoms with Crippen LogP contribution in [0.4, 0.5) is 11.4 Å². The van der Waals surface area contributed by atoms with Gasteiger partial charge in [0.25, 0.3) is 0 Å². The number of nitrogens with zero attached hydrogens (tertiary/aromatic N) is 1. The molecule has 1 saturated heterocycles. The molecule has 0 bridgehead atoms. The lowest BCUT2D eigenvalue weighted by Gasteiger charge is -2.33. The van der Waals surface area contributed by atoms with E-state index in [0.717, 1.165) is 25.9 Å². The second-order valence-corrected chi connectivity index (χ2v) is 4.09. The molecule has 0 aliphatic carbocycles. The van der Waals surface area contributed by atoms with Crippen LogP contribution in [0, 0.1) is 0 Å². The maximum absolute atomic E-state index is 5.90. The van der Waals surface area contributed by atoms with E-state index in [0.29, 0.717) is 6.04 Å². The second-order valence-electron chi connectivity index (χ2n) is 4.09. The van der Waals surface area contributed by atoms with Crippen LogP contribution in [-0.2, 0) is 0 Å². The fraction of sp³-hybridized carbons (Fsp3) is 0.500. The molecule has 0 amide bonds. The lowest BCUT2D eigenvalue weighted by molar-refractivity contribution is 0.501. The Morgan fingerprint density at radius 2 is 1.93 bits per heavy atom. The van der Waals surface area contributed by atoms with Gasteiger partial charge in [-0.05, 0) is 25.0 Å². The van der Waals surface area contributed by atoms with E-state index in [1.54, 1.807) is 0 Å². The molecule has 0 unspecified atom stereocenters. The van der Waals surface area contributed by atoms with Crippen molar-refractivity contribution in [3.05, 3.63) is 24.3 Å². The van der Waals surface area contributed by atoms with Crippen LogP contribution in [-0.4, -0.2) is 26.2 Å². The van der Waals surface area contributed by atoms with Crippen LogP contribution < -0.4 is 16.0 Å². The average molecular weight is 205 g/mol. The van der Waals surface area contributed by atoms with E-state index >= 15 is 0 Å². The second kappa shape index (κ2) is 4.53. The first kappa shape index (κ1) is 10.3. The van der Waals surface area contributed by atoms with Crippen molar-refractivity contribution in [1.29, 1.82) is 0 Å². The van der Waals surface area contributed by atoms with E-state index in [1.807, 2.05) is 7.05 Å². The van der Waals surface area contributed by atoms with Crippen molar-refractivity contribution in [2.24, 2.45) is 5.73 Å². The Hall–Kier alpha value is -1.22. The van der Waals surface area contributed by atoms with Gasteiger partial charge in [-0.15, -0.1) is 0 Å². The highest BCUT2D eigenvalue weighted by Gasteiger charge is 2.17. The molecule has 0 saturated carbocycles. The molecule has 3 nitrogen and oxygen atoms in total. The fourth-order valence-corrected chi connectivity index (χ4v) is 2.10. The molecular formula is C12H19N3. The summed E-state index contributed by atoms with van der Waals surface area (Å²) in [6.07, 6.45) is 2.19. The van der Waals surface area contributed by atoms with E-state index in [-0.39, 0.29) is 0 Å². The highest BCUT2D eigenvalue weighted by Crippen LogP contribution is 2.27. The lowest BCUT2D eigenvalue weighted by atomic mass is 10.1. The van der Waals surface area contributed by atoms with Crippen molar-refractivity contribution in [2.75, 3.05) is 30.4 Å².